The first-order valence-corrected chi connectivity index (χ1v) is 8.18. The van der Waals surface area contributed by atoms with Crippen LogP contribution in [0.2, 0.25) is 0 Å². The van der Waals surface area contributed by atoms with Gasteiger partial charge in [0.15, 0.2) is 0 Å². The highest BCUT2D eigenvalue weighted by Gasteiger charge is 2.17. The Morgan fingerprint density at radius 3 is 2.95 bits per heavy atom. The zero-order chi connectivity index (χ0) is 14.2. The Morgan fingerprint density at radius 2 is 2.20 bits per heavy atom. The Balaban J connectivity index is 1.86. The molecule has 1 unspecified atom stereocenters. The SMILES string of the molecule is CCCNCc1ccc(CN2CCCCCC2C)nc1. The topological polar surface area (TPSA) is 28.2 Å². The Labute approximate surface area is 123 Å². The van der Waals surface area contributed by atoms with E-state index in [2.05, 4.69) is 41.2 Å². The van der Waals surface area contributed by atoms with E-state index in [9.17, 15) is 0 Å². The largest absolute Gasteiger partial charge is 0.313 e. The second kappa shape index (κ2) is 8.38. The number of hydrogen-bond acceptors (Lipinski definition) is 3. The van der Waals surface area contributed by atoms with Gasteiger partial charge < -0.3 is 5.32 Å². The monoisotopic (exact) mass is 275 g/mol. The van der Waals surface area contributed by atoms with Crippen LogP contribution in [-0.4, -0.2) is 29.0 Å². The molecular formula is C17H29N3. The number of likely N-dealkylation sites (tertiary alicyclic amines) is 1. The predicted octanol–water partition coefficient (Wildman–Crippen LogP) is 3.35. The number of aromatic nitrogens is 1. The Bertz CT molecular complexity index is 374. The minimum absolute atomic E-state index is 0.699. The van der Waals surface area contributed by atoms with Gasteiger partial charge in [-0.1, -0.05) is 25.8 Å². The summed E-state index contributed by atoms with van der Waals surface area (Å²) in [6.45, 7) is 8.78. The molecule has 0 bridgehead atoms. The molecule has 1 fully saturated rings. The van der Waals surface area contributed by atoms with Crippen LogP contribution in [-0.2, 0) is 13.1 Å². The van der Waals surface area contributed by atoms with E-state index < -0.39 is 0 Å². The van der Waals surface area contributed by atoms with Gasteiger partial charge in [-0.3, -0.25) is 9.88 Å². The molecule has 3 heteroatoms. The van der Waals surface area contributed by atoms with Gasteiger partial charge in [0.1, 0.15) is 0 Å². The number of pyridine rings is 1. The van der Waals surface area contributed by atoms with Crippen molar-refractivity contribution < 1.29 is 0 Å². The summed E-state index contributed by atoms with van der Waals surface area (Å²) in [5.41, 5.74) is 2.49. The second-order valence-electron chi connectivity index (χ2n) is 6.00. The van der Waals surface area contributed by atoms with Crippen LogP contribution < -0.4 is 5.32 Å². The average molecular weight is 275 g/mol. The van der Waals surface area contributed by atoms with Crippen LogP contribution in [0.25, 0.3) is 0 Å². The summed E-state index contributed by atoms with van der Waals surface area (Å²) in [7, 11) is 0. The van der Waals surface area contributed by atoms with Crippen LogP contribution in [0.3, 0.4) is 0 Å². The van der Waals surface area contributed by atoms with Gasteiger partial charge in [-0.25, -0.2) is 0 Å². The highest BCUT2D eigenvalue weighted by atomic mass is 15.2. The van der Waals surface area contributed by atoms with Crippen molar-refractivity contribution in [1.29, 1.82) is 0 Å². The molecule has 1 N–H and O–H groups in total. The number of rotatable bonds is 6. The summed E-state index contributed by atoms with van der Waals surface area (Å²) in [6.07, 6.45) is 8.64. The Kier molecular flexibility index (Phi) is 6.48. The van der Waals surface area contributed by atoms with E-state index >= 15 is 0 Å². The van der Waals surface area contributed by atoms with E-state index in [1.807, 2.05) is 6.20 Å². The minimum Gasteiger partial charge on any atom is -0.313 e. The third-order valence-corrected chi connectivity index (χ3v) is 4.20. The smallest absolute Gasteiger partial charge is 0.0544 e. The predicted molar refractivity (Wildman–Crippen MR) is 84.6 cm³/mol. The van der Waals surface area contributed by atoms with Crippen molar-refractivity contribution in [2.24, 2.45) is 0 Å². The Hall–Kier alpha value is -0.930. The van der Waals surface area contributed by atoms with Crippen molar-refractivity contribution in [3.63, 3.8) is 0 Å². The maximum absolute atomic E-state index is 4.63. The van der Waals surface area contributed by atoms with Crippen LogP contribution in [0.5, 0.6) is 0 Å². The molecule has 0 aromatic carbocycles. The van der Waals surface area contributed by atoms with Crippen LogP contribution in [0.4, 0.5) is 0 Å². The summed E-state index contributed by atoms with van der Waals surface area (Å²) >= 11 is 0. The van der Waals surface area contributed by atoms with Crippen LogP contribution in [0.1, 0.15) is 57.2 Å². The molecule has 0 spiro atoms. The van der Waals surface area contributed by atoms with E-state index in [0.29, 0.717) is 6.04 Å². The molecule has 2 rings (SSSR count). The van der Waals surface area contributed by atoms with Gasteiger partial charge >= 0.3 is 0 Å². The summed E-state index contributed by atoms with van der Waals surface area (Å²) in [5.74, 6) is 0. The molecule has 0 amide bonds. The third-order valence-electron chi connectivity index (χ3n) is 4.20. The van der Waals surface area contributed by atoms with E-state index in [0.717, 1.165) is 19.6 Å². The molecule has 112 valence electrons. The fourth-order valence-electron chi connectivity index (χ4n) is 2.84. The fourth-order valence-corrected chi connectivity index (χ4v) is 2.84. The first-order chi connectivity index (χ1) is 9.79. The second-order valence-corrected chi connectivity index (χ2v) is 6.00. The van der Waals surface area contributed by atoms with E-state index in [4.69, 9.17) is 0 Å². The molecule has 1 aromatic heterocycles. The van der Waals surface area contributed by atoms with Gasteiger partial charge in [0.05, 0.1) is 5.69 Å². The lowest BCUT2D eigenvalue weighted by Crippen LogP contribution is -2.32. The zero-order valence-corrected chi connectivity index (χ0v) is 13.1. The first-order valence-electron chi connectivity index (χ1n) is 8.18. The molecule has 1 aliphatic rings. The lowest BCUT2D eigenvalue weighted by atomic mass is 10.1. The number of nitrogens with one attached hydrogen (secondary N) is 1. The first kappa shape index (κ1) is 15.5. The molecule has 1 atom stereocenters. The quantitative estimate of drug-likeness (QED) is 0.807. The number of hydrogen-bond donors (Lipinski definition) is 1. The van der Waals surface area contributed by atoms with Crippen LogP contribution in [0.15, 0.2) is 18.3 Å². The van der Waals surface area contributed by atoms with Crippen molar-refractivity contribution in [3.8, 4) is 0 Å². The van der Waals surface area contributed by atoms with Gasteiger partial charge in [-0.2, -0.15) is 0 Å². The summed E-state index contributed by atoms with van der Waals surface area (Å²) in [5, 5.41) is 3.42. The van der Waals surface area contributed by atoms with Gasteiger partial charge in [0, 0.05) is 25.3 Å². The van der Waals surface area contributed by atoms with E-state index in [1.54, 1.807) is 0 Å². The molecule has 2 heterocycles. The highest BCUT2D eigenvalue weighted by Crippen LogP contribution is 2.18. The molecule has 3 nitrogen and oxygen atoms in total. The molecule has 1 aliphatic heterocycles. The molecule has 0 radical (unpaired) electrons. The summed E-state index contributed by atoms with van der Waals surface area (Å²) < 4.78 is 0. The maximum atomic E-state index is 4.63. The average Bonchev–Trinajstić information content (AvgIpc) is 2.66. The molecule has 1 aromatic rings. The highest BCUT2D eigenvalue weighted by molar-refractivity contribution is 5.14. The van der Waals surface area contributed by atoms with Crippen molar-refractivity contribution in [3.05, 3.63) is 29.6 Å². The minimum atomic E-state index is 0.699. The third kappa shape index (κ3) is 4.88. The molecule has 0 saturated carbocycles. The van der Waals surface area contributed by atoms with Gasteiger partial charge in [-0.05, 0) is 50.9 Å². The lowest BCUT2D eigenvalue weighted by molar-refractivity contribution is 0.202. The lowest BCUT2D eigenvalue weighted by Gasteiger charge is -2.26. The molecule has 1 saturated heterocycles. The molecule has 20 heavy (non-hydrogen) atoms. The summed E-state index contributed by atoms with van der Waals surface area (Å²) in [6, 6.07) is 5.11. The maximum Gasteiger partial charge on any atom is 0.0544 e. The number of nitrogens with zero attached hydrogens (tertiary/aromatic N) is 2. The van der Waals surface area contributed by atoms with Gasteiger partial charge in [0.25, 0.3) is 0 Å². The molecule has 0 aliphatic carbocycles. The fraction of sp³-hybridized carbons (Fsp3) is 0.706. The van der Waals surface area contributed by atoms with Crippen LogP contribution >= 0.6 is 0 Å². The van der Waals surface area contributed by atoms with Crippen molar-refractivity contribution in [2.45, 2.75) is 65.1 Å². The van der Waals surface area contributed by atoms with Gasteiger partial charge in [-0.15, -0.1) is 0 Å². The van der Waals surface area contributed by atoms with Crippen molar-refractivity contribution in [1.82, 2.24) is 15.2 Å². The normalized spacial score (nSPS) is 20.8. The summed E-state index contributed by atoms with van der Waals surface area (Å²) in [4.78, 5) is 7.22. The van der Waals surface area contributed by atoms with E-state index in [-0.39, 0.29) is 0 Å². The molecular weight excluding hydrogens is 246 g/mol. The Morgan fingerprint density at radius 1 is 1.30 bits per heavy atom. The van der Waals surface area contributed by atoms with Gasteiger partial charge in [0.2, 0.25) is 0 Å². The van der Waals surface area contributed by atoms with Crippen molar-refractivity contribution in [2.75, 3.05) is 13.1 Å². The van der Waals surface area contributed by atoms with Crippen molar-refractivity contribution >= 4 is 0 Å². The van der Waals surface area contributed by atoms with E-state index in [1.165, 1.54) is 49.9 Å². The zero-order valence-electron chi connectivity index (χ0n) is 13.1. The van der Waals surface area contributed by atoms with Crippen LogP contribution in [0, 0.1) is 0 Å². The standard InChI is InChI=1S/C17H29N3/c1-3-10-18-12-16-8-9-17(19-13-16)14-20-11-6-4-5-7-15(20)2/h8-9,13,15,18H,3-7,10-12,14H2,1-2H3.